The van der Waals surface area contributed by atoms with Gasteiger partial charge in [0.15, 0.2) is 0 Å². The number of aliphatic hydroxyl groups is 3. The van der Waals surface area contributed by atoms with E-state index in [1.165, 1.54) is 6.07 Å². The number of hydrogen-bond acceptors (Lipinski definition) is 9. The zero-order valence-electron chi connectivity index (χ0n) is 19.9. The number of aryl methyl sites for hydroxylation is 1. The van der Waals surface area contributed by atoms with Crippen LogP contribution in [0.1, 0.15) is 47.7 Å². The molecule has 0 amide bonds. The van der Waals surface area contributed by atoms with Gasteiger partial charge in [0.2, 0.25) is 12.2 Å². The maximum absolute atomic E-state index is 14.2. The molecule has 0 spiro atoms. The van der Waals surface area contributed by atoms with Gasteiger partial charge in [0.05, 0.1) is 13.2 Å². The Bertz CT molecular complexity index is 1060. The van der Waals surface area contributed by atoms with Gasteiger partial charge in [-0.05, 0) is 50.3 Å². The van der Waals surface area contributed by atoms with Gasteiger partial charge in [-0.25, -0.2) is 9.18 Å². The Kier molecular flexibility index (Phi) is 7.60. The molecular weight excluding hydrogens is 463 g/mol. The quantitative estimate of drug-likeness (QED) is 0.494. The molecule has 192 valence electrons. The third-order valence-corrected chi connectivity index (χ3v) is 6.70. The number of aromatic nitrogens is 2. The molecule has 0 unspecified atom stereocenters. The minimum absolute atomic E-state index is 0.177. The first-order chi connectivity index (χ1) is 16.7. The highest BCUT2D eigenvalue weighted by molar-refractivity contribution is 5.59. The van der Waals surface area contributed by atoms with Crippen LogP contribution in [-0.2, 0) is 20.6 Å². The van der Waals surface area contributed by atoms with Crippen LogP contribution in [-0.4, -0.2) is 75.7 Å². The third kappa shape index (κ3) is 5.27. The summed E-state index contributed by atoms with van der Waals surface area (Å²) in [5.74, 6) is -0.138. The van der Waals surface area contributed by atoms with E-state index < -0.39 is 43.5 Å². The number of hydrogen-bond donors (Lipinski definition) is 3. The molecule has 2 fully saturated rings. The number of benzene rings is 1. The molecule has 4 rings (SSSR count). The lowest BCUT2D eigenvalue weighted by Gasteiger charge is -2.39. The lowest BCUT2D eigenvalue weighted by Crippen LogP contribution is -2.60. The number of carbonyl (C=O) groups is 1. The number of methoxy groups -OCH3 is 1. The monoisotopic (exact) mass is 494 g/mol. The molecule has 1 aliphatic carbocycles. The second kappa shape index (κ2) is 10.5. The maximum Gasteiger partial charge on any atom is 0.508 e. The topological polar surface area (TPSA) is 132 Å². The average Bonchev–Trinajstić information content (AvgIpc) is 3.09. The Balaban J connectivity index is 1.59. The van der Waals surface area contributed by atoms with Crippen molar-refractivity contribution in [3.05, 3.63) is 46.4 Å². The minimum atomic E-state index is -1.62. The van der Waals surface area contributed by atoms with Crippen molar-refractivity contribution in [1.82, 2.24) is 9.78 Å². The highest BCUT2D eigenvalue weighted by atomic mass is 19.1. The van der Waals surface area contributed by atoms with E-state index in [-0.39, 0.29) is 17.7 Å². The molecule has 35 heavy (non-hydrogen) atoms. The minimum Gasteiger partial charge on any atom is -0.443 e. The lowest BCUT2D eigenvalue weighted by atomic mass is 9.93. The molecule has 10 nitrogen and oxygen atoms in total. The van der Waals surface area contributed by atoms with Crippen LogP contribution in [0.3, 0.4) is 0 Å². The first-order valence-electron chi connectivity index (χ1n) is 11.6. The van der Waals surface area contributed by atoms with Crippen LogP contribution in [0.4, 0.5) is 9.18 Å². The standard InChI is InChI=1S/C24H31FN2O8/c1-12-7-8-14(10-17(12)25)9-16-13(2)27(15-5-4-6-15)26-22(16)35-23-21(30)20(29)19(28)18(34-23)11-33-24(31)32-3/h7-8,10,15,18-21,23,28-30H,4-6,9,11H2,1-3H3/t18-,19-,20+,21-,23+/m1/s1. The van der Waals surface area contributed by atoms with Gasteiger partial charge in [-0.2, -0.15) is 0 Å². The number of halogens is 1. The molecule has 1 aliphatic heterocycles. The Morgan fingerprint density at radius 3 is 2.57 bits per heavy atom. The first kappa shape index (κ1) is 25.4. The van der Waals surface area contributed by atoms with Crippen molar-refractivity contribution in [1.29, 1.82) is 0 Å². The lowest BCUT2D eigenvalue weighted by molar-refractivity contribution is -0.278. The fourth-order valence-corrected chi connectivity index (χ4v) is 4.23. The molecular formula is C24H31FN2O8. The molecule has 5 atom stereocenters. The van der Waals surface area contributed by atoms with E-state index in [4.69, 9.17) is 14.2 Å². The summed E-state index contributed by atoms with van der Waals surface area (Å²) >= 11 is 0. The summed E-state index contributed by atoms with van der Waals surface area (Å²) in [6, 6.07) is 5.21. The van der Waals surface area contributed by atoms with Crippen molar-refractivity contribution in [3.63, 3.8) is 0 Å². The van der Waals surface area contributed by atoms with Crippen LogP contribution < -0.4 is 4.74 Å². The van der Waals surface area contributed by atoms with Crippen molar-refractivity contribution in [3.8, 4) is 5.88 Å². The molecule has 1 aromatic heterocycles. The van der Waals surface area contributed by atoms with Crippen molar-refractivity contribution >= 4 is 6.16 Å². The summed E-state index contributed by atoms with van der Waals surface area (Å²) in [5, 5.41) is 35.7. The molecule has 3 N–H and O–H groups in total. The predicted molar refractivity (Wildman–Crippen MR) is 119 cm³/mol. The van der Waals surface area contributed by atoms with Gasteiger partial charge >= 0.3 is 6.16 Å². The largest absolute Gasteiger partial charge is 0.508 e. The van der Waals surface area contributed by atoms with Crippen LogP contribution in [0.2, 0.25) is 0 Å². The summed E-state index contributed by atoms with van der Waals surface area (Å²) in [6.45, 7) is 3.17. The number of aliphatic hydroxyl groups excluding tert-OH is 3. The first-order valence-corrected chi connectivity index (χ1v) is 11.6. The second-order valence-electron chi connectivity index (χ2n) is 9.06. The van der Waals surface area contributed by atoms with Crippen molar-refractivity contribution in [2.24, 2.45) is 0 Å². The van der Waals surface area contributed by atoms with E-state index in [0.29, 0.717) is 17.5 Å². The Morgan fingerprint density at radius 1 is 1.20 bits per heavy atom. The molecule has 0 radical (unpaired) electrons. The summed E-state index contributed by atoms with van der Waals surface area (Å²) in [6.07, 6.45) is -4.95. The number of nitrogens with zero attached hydrogens (tertiary/aromatic N) is 2. The van der Waals surface area contributed by atoms with Gasteiger partial charge in [-0.15, -0.1) is 5.10 Å². The number of rotatable bonds is 7. The fraction of sp³-hybridized carbons (Fsp3) is 0.583. The van der Waals surface area contributed by atoms with E-state index >= 15 is 0 Å². The van der Waals surface area contributed by atoms with Gasteiger partial charge in [-0.1, -0.05) is 12.1 Å². The Hall–Kier alpha value is -2.73. The van der Waals surface area contributed by atoms with Crippen LogP contribution in [0.15, 0.2) is 18.2 Å². The molecule has 11 heteroatoms. The van der Waals surface area contributed by atoms with E-state index in [1.807, 2.05) is 17.7 Å². The Labute approximate surface area is 202 Å². The van der Waals surface area contributed by atoms with Crippen molar-refractivity contribution < 1.29 is 43.5 Å². The van der Waals surface area contributed by atoms with Gasteiger partial charge in [0.1, 0.15) is 36.8 Å². The zero-order chi connectivity index (χ0) is 25.3. The molecule has 2 heterocycles. The highest BCUT2D eigenvalue weighted by Gasteiger charge is 2.46. The van der Waals surface area contributed by atoms with Crippen molar-refractivity contribution in [2.45, 2.75) is 76.3 Å². The van der Waals surface area contributed by atoms with Crippen molar-refractivity contribution in [2.75, 3.05) is 13.7 Å². The fourth-order valence-electron chi connectivity index (χ4n) is 4.23. The van der Waals surface area contributed by atoms with Crippen LogP contribution in [0.5, 0.6) is 5.88 Å². The Morgan fingerprint density at radius 2 is 1.94 bits per heavy atom. The number of ether oxygens (including phenoxy) is 4. The van der Waals surface area contributed by atoms with Gasteiger partial charge in [0, 0.05) is 17.7 Å². The van der Waals surface area contributed by atoms with Gasteiger partial charge in [-0.3, -0.25) is 4.68 Å². The number of carbonyl (C=O) groups excluding carboxylic acids is 1. The molecule has 0 bridgehead atoms. The molecule has 1 aromatic carbocycles. The van der Waals surface area contributed by atoms with Crippen LogP contribution >= 0.6 is 0 Å². The maximum atomic E-state index is 14.2. The van der Waals surface area contributed by atoms with E-state index in [1.54, 1.807) is 13.0 Å². The van der Waals surface area contributed by atoms with Gasteiger partial charge < -0.3 is 34.3 Å². The highest BCUT2D eigenvalue weighted by Crippen LogP contribution is 2.37. The normalized spacial score (nSPS) is 26.8. The zero-order valence-corrected chi connectivity index (χ0v) is 19.9. The van der Waals surface area contributed by atoms with E-state index in [0.717, 1.165) is 37.6 Å². The van der Waals surface area contributed by atoms with E-state index in [2.05, 4.69) is 9.84 Å². The average molecular weight is 495 g/mol. The van der Waals surface area contributed by atoms with Gasteiger partial charge in [0.25, 0.3) is 0 Å². The van der Waals surface area contributed by atoms with Crippen LogP contribution in [0, 0.1) is 19.7 Å². The molecule has 1 saturated carbocycles. The summed E-state index contributed by atoms with van der Waals surface area (Å²) < 4.78 is 36.9. The smallest absolute Gasteiger partial charge is 0.443 e. The predicted octanol–water partition coefficient (Wildman–Crippen LogP) is 1.92. The molecule has 2 aromatic rings. The van der Waals surface area contributed by atoms with Crippen LogP contribution in [0.25, 0.3) is 0 Å². The van der Waals surface area contributed by atoms with E-state index in [9.17, 15) is 24.5 Å². The third-order valence-electron chi connectivity index (χ3n) is 6.70. The molecule has 2 aliphatic rings. The summed E-state index contributed by atoms with van der Waals surface area (Å²) in [4.78, 5) is 11.3. The second-order valence-corrected chi connectivity index (χ2v) is 9.06. The summed E-state index contributed by atoms with van der Waals surface area (Å²) in [5.41, 5.74) is 2.80. The SMILES string of the molecule is COC(=O)OC[C@H]1O[C@@H](Oc2nn(C3CCC3)c(C)c2Cc2ccc(C)c(F)c2)[C@H](O)[C@@H](O)[C@@H]1O. The summed E-state index contributed by atoms with van der Waals surface area (Å²) in [7, 11) is 1.13. The molecule has 1 saturated heterocycles.